The quantitative estimate of drug-likeness (QED) is 0.640. The average molecular weight is 382 g/mol. The molecule has 0 spiro atoms. The molecule has 0 aliphatic rings. The number of fused-ring (bicyclic) bond motifs is 1. The van der Waals surface area contributed by atoms with E-state index in [-0.39, 0.29) is 0 Å². The summed E-state index contributed by atoms with van der Waals surface area (Å²) >= 11 is 9.94. The van der Waals surface area contributed by atoms with E-state index in [0.717, 1.165) is 32.4 Å². The predicted octanol–water partition coefficient (Wildman–Crippen LogP) is 5.61. The molecule has 0 saturated carbocycles. The second-order valence-corrected chi connectivity index (χ2v) is 6.09. The normalized spacial score (nSPS) is 11.0. The number of hydrogen-bond acceptors (Lipinski definition) is 4. The summed E-state index contributed by atoms with van der Waals surface area (Å²) in [6.07, 6.45) is 1.65. The number of hydrogen-bond donors (Lipinski definition) is 1. The Morgan fingerprint density at radius 1 is 1.27 bits per heavy atom. The zero-order valence-electron chi connectivity index (χ0n) is 12.3. The molecule has 3 rings (SSSR count). The highest BCUT2D eigenvalue weighted by Gasteiger charge is 2.16. The molecule has 2 aromatic heterocycles. The number of nitrogens with one attached hydrogen (secondary N) is 1. The lowest BCUT2D eigenvalue weighted by Crippen LogP contribution is -2.00. The third-order valence-electron chi connectivity index (χ3n) is 3.52. The van der Waals surface area contributed by atoms with E-state index in [1.165, 1.54) is 0 Å². The molecule has 114 valence electrons. The summed E-state index contributed by atoms with van der Waals surface area (Å²) in [4.78, 5) is 4.59. The minimum atomic E-state index is 0.522. The van der Waals surface area contributed by atoms with Gasteiger partial charge in [-0.2, -0.15) is 0 Å². The van der Waals surface area contributed by atoms with Gasteiger partial charge in [-0.15, -0.1) is 0 Å². The summed E-state index contributed by atoms with van der Waals surface area (Å²) in [5, 5.41) is 4.78. The standard InChI is InChI=1S/C16H14BrClN2O2/c1-8-4-5-11(21-3)13(18)14(8)20-16-12(17)15-10(6-7-22-15)9(2)19-16/h4-7H,1-3H3,(H,19,20). The van der Waals surface area contributed by atoms with Gasteiger partial charge in [-0.25, -0.2) is 4.98 Å². The predicted molar refractivity (Wildman–Crippen MR) is 92.5 cm³/mol. The lowest BCUT2D eigenvalue weighted by Gasteiger charge is -2.15. The van der Waals surface area contributed by atoms with Crippen LogP contribution >= 0.6 is 27.5 Å². The molecule has 0 aliphatic heterocycles. The van der Waals surface area contributed by atoms with E-state index in [2.05, 4.69) is 26.2 Å². The van der Waals surface area contributed by atoms with E-state index in [0.29, 0.717) is 16.6 Å². The van der Waals surface area contributed by atoms with Crippen LogP contribution in [0.1, 0.15) is 11.3 Å². The second-order valence-electron chi connectivity index (χ2n) is 4.92. The highest BCUT2D eigenvalue weighted by molar-refractivity contribution is 9.10. The summed E-state index contributed by atoms with van der Waals surface area (Å²) in [6.45, 7) is 3.91. The zero-order valence-corrected chi connectivity index (χ0v) is 14.7. The summed E-state index contributed by atoms with van der Waals surface area (Å²) in [6, 6.07) is 5.68. The lowest BCUT2D eigenvalue weighted by atomic mass is 10.2. The molecule has 22 heavy (non-hydrogen) atoms. The lowest BCUT2D eigenvalue weighted by molar-refractivity contribution is 0.415. The van der Waals surface area contributed by atoms with Crippen molar-refractivity contribution in [2.45, 2.75) is 13.8 Å². The number of rotatable bonds is 3. The molecule has 3 aromatic rings. The number of benzene rings is 1. The van der Waals surface area contributed by atoms with Crippen molar-refractivity contribution in [3.63, 3.8) is 0 Å². The van der Waals surface area contributed by atoms with Crippen molar-refractivity contribution in [3.05, 3.63) is 45.2 Å². The molecular formula is C16H14BrClN2O2. The first-order valence-electron chi connectivity index (χ1n) is 6.66. The Bertz CT molecular complexity index is 861. The third-order valence-corrected chi connectivity index (χ3v) is 4.63. The van der Waals surface area contributed by atoms with Crippen molar-refractivity contribution in [2.75, 3.05) is 12.4 Å². The Morgan fingerprint density at radius 2 is 2.05 bits per heavy atom. The van der Waals surface area contributed by atoms with Crippen molar-refractivity contribution in [2.24, 2.45) is 0 Å². The molecule has 0 fully saturated rings. The fourth-order valence-electron chi connectivity index (χ4n) is 2.31. The number of nitrogens with zero attached hydrogens (tertiary/aromatic N) is 1. The van der Waals surface area contributed by atoms with Gasteiger partial charge in [0.25, 0.3) is 0 Å². The van der Waals surface area contributed by atoms with Crippen LogP contribution in [0.5, 0.6) is 5.75 Å². The van der Waals surface area contributed by atoms with E-state index in [4.69, 9.17) is 20.8 Å². The topological polar surface area (TPSA) is 47.3 Å². The Morgan fingerprint density at radius 3 is 2.77 bits per heavy atom. The highest BCUT2D eigenvalue weighted by Crippen LogP contribution is 2.39. The Kier molecular flexibility index (Phi) is 4.02. The van der Waals surface area contributed by atoms with Crippen molar-refractivity contribution in [1.29, 1.82) is 0 Å². The minimum Gasteiger partial charge on any atom is -0.495 e. The van der Waals surface area contributed by atoms with Gasteiger partial charge in [-0.3, -0.25) is 0 Å². The van der Waals surface area contributed by atoms with Crippen LogP contribution in [0.3, 0.4) is 0 Å². The van der Waals surface area contributed by atoms with Crippen LogP contribution < -0.4 is 10.1 Å². The summed E-state index contributed by atoms with van der Waals surface area (Å²) < 4.78 is 11.6. The molecule has 0 saturated heterocycles. The summed E-state index contributed by atoms with van der Waals surface area (Å²) in [7, 11) is 1.59. The van der Waals surface area contributed by atoms with E-state index in [9.17, 15) is 0 Å². The molecule has 0 bridgehead atoms. The van der Waals surface area contributed by atoms with Gasteiger partial charge in [0.15, 0.2) is 5.58 Å². The molecule has 4 nitrogen and oxygen atoms in total. The molecule has 6 heteroatoms. The smallest absolute Gasteiger partial charge is 0.153 e. The highest BCUT2D eigenvalue weighted by atomic mass is 79.9. The van der Waals surface area contributed by atoms with Crippen LogP contribution in [0.4, 0.5) is 11.5 Å². The fraction of sp³-hybridized carbons (Fsp3) is 0.188. The maximum Gasteiger partial charge on any atom is 0.153 e. The average Bonchev–Trinajstić information content (AvgIpc) is 2.99. The number of anilines is 2. The number of furan rings is 1. The molecule has 0 unspecified atom stereocenters. The summed E-state index contributed by atoms with van der Waals surface area (Å²) in [5.41, 5.74) is 3.40. The summed E-state index contributed by atoms with van der Waals surface area (Å²) in [5.74, 6) is 1.26. The molecule has 2 heterocycles. The largest absolute Gasteiger partial charge is 0.495 e. The van der Waals surface area contributed by atoms with Gasteiger partial charge in [-0.05, 0) is 47.5 Å². The van der Waals surface area contributed by atoms with E-state index < -0.39 is 0 Å². The van der Waals surface area contributed by atoms with Crippen LogP contribution in [0.25, 0.3) is 11.0 Å². The monoisotopic (exact) mass is 380 g/mol. The maximum absolute atomic E-state index is 6.40. The first-order valence-corrected chi connectivity index (χ1v) is 7.83. The Balaban J connectivity index is 2.13. The Hall–Kier alpha value is -1.72. The first-order chi connectivity index (χ1) is 10.5. The number of aryl methyl sites for hydroxylation is 2. The molecule has 0 amide bonds. The van der Waals surface area contributed by atoms with Gasteiger partial charge in [0.05, 0.1) is 24.8 Å². The van der Waals surface area contributed by atoms with Crippen LogP contribution in [-0.4, -0.2) is 12.1 Å². The fourth-order valence-corrected chi connectivity index (χ4v) is 3.15. The molecule has 0 atom stereocenters. The Labute approximate surface area is 141 Å². The van der Waals surface area contributed by atoms with Gasteiger partial charge >= 0.3 is 0 Å². The van der Waals surface area contributed by atoms with Gasteiger partial charge in [0.2, 0.25) is 0 Å². The number of methoxy groups -OCH3 is 1. The molecule has 1 aromatic carbocycles. The van der Waals surface area contributed by atoms with E-state index in [1.807, 2.05) is 32.0 Å². The van der Waals surface area contributed by atoms with Crippen molar-refractivity contribution in [1.82, 2.24) is 4.98 Å². The van der Waals surface area contributed by atoms with E-state index >= 15 is 0 Å². The van der Waals surface area contributed by atoms with Crippen LogP contribution in [-0.2, 0) is 0 Å². The molecule has 0 aliphatic carbocycles. The third kappa shape index (κ3) is 2.44. The minimum absolute atomic E-state index is 0.522. The molecule has 0 radical (unpaired) electrons. The number of pyridine rings is 1. The van der Waals surface area contributed by atoms with Crippen LogP contribution in [0.2, 0.25) is 5.02 Å². The second kappa shape index (κ2) is 5.82. The van der Waals surface area contributed by atoms with Gasteiger partial charge < -0.3 is 14.5 Å². The van der Waals surface area contributed by atoms with Gasteiger partial charge in [-0.1, -0.05) is 17.7 Å². The van der Waals surface area contributed by atoms with Crippen molar-refractivity contribution in [3.8, 4) is 5.75 Å². The number of ether oxygens (including phenoxy) is 1. The SMILES string of the molecule is COc1ccc(C)c(Nc2nc(C)c3ccoc3c2Br)c1Cl. The number of halogens is 2. The molecular weight excluding hydrogens is 368 g/mol. The first kappa shape index (κ1) is 15.2. The van der Waals surface area contributed by atoms with E-state index in [1.54, 1.807) is 13.4 Å². The zero-order chi connectivity index (χ0) is 15.9. The molecule has 1 N–H and O–H groups in total. The van der Waals surface area contributed by atoms with Crippen molar-refractivity contribution < 1.29 is 9.15 Å². The maximum atomic E-state index is 6.40. The van der Waals surface area contributed by atoms with Crippen molar-refractivity contribution >= 4 is 50.0 Å². The van der Waals surface area contributed by atoms with Gasteiger partial charge in [0.1, 0.15) is 21.1 Å². The van der Waals surface area contributed by atoms with Crippen LogP contribution in [0, 0.1) is 13.8 Å². The van der Waals surface area contributed by atoms with Crippen LogP contribution in [0.15, 0.2) is 33.4 Å². The van der Waals surface area contributed by atoms with Gasteiger partial charge in [0, 0.05) is 5.39 Å². The number of aromatic nitrogens is 1.